The SMILES string of the molecule is O=C(NCc1ccco1)[C@@H](Cc1ccccc1)N(Cc1ccccc1)C(=O)COc1ccc(S(=O)(=O)Nc2ccc(F)cc2)cc1. The first kappa shape index (κ1) is 32.0. The number of ether oxygens (including phenoxy) is 1. The number of carbonyl (C=O) groups excluding carboxylic acids is 2. The minimum atomic E-state index is -3.95. The number of furan rings is 1. The first-order chi connectivity index (χ1) is 22.3. The van der Waals surface area contributed by atoms with E-state index in [1.807, 2.05) is 60.7 Å². The van der Waals surface area contributed by atoms with E-state index in [4.69, 9.17) is 9.15 Å². The lowest BCUT2D eigenvalue weighted by atomic mass is 10.0. The molecule has 46 heavy (non-hydrogen) atoms. The number of benzene rings is 4. The molecule has 0 unspecified atom stereocenters. The number of carbonyl (C=O) groups is 2. The second kappa shape index (κ2) is 15.0. The monoisotopic (exact) mass is 641 g/mol. The molecule has 1 heterocycles. The first-order valence-corrected chi connectivity index (χ1v) is 15.9. The van der Waals surface area contributed by atoms with Crippen LogP contribution in [0.3, 0.4) is 0 Å². The van der Waals surface area contributed by atoms with Gasteiger partial charge in [0.05, 0.1) is 17.7 Å². The molecule has 11 heteroatoms. The van der Waals surface area contributed by atoms with Crippen molar-refractivity contribution >= 4 is 27.5 Å². The lowest BCUT2D eigenvalue weighted by Gasteiger charge is -2.31. The first-order valence-electron chi connectivity index (χ1n) is 14.5. The number of anilines is 1. The Balaban J connectivity index is 1.32. The number of sulfonamides is 1. The fourth-order valence-electron chi connectivity index (χ4n) is 4.71. The molecule has 2 amide bonds. The van der Waals surface area contributed by atoms with E-state index < -0.39 is 34.4 Å². The van der Waals surface area contributed by atoms with E-state index in [1.165, 1.54) is 47.6 Å². The number of nitrogens with one attached hydrogen (secondary N) is 2. The van der Waals surface area contributed by atoms with Crippen LogP contribution in [0.2, 0.25) is 0 Å². The smallest absolute Gasteiger partial charge is 0.261 e. The summed E-state index contributed by atoms with van der Waals surface area (Å²) in [4.78, 5) is 28.9. The standard InChI is InChI=1S/C35H32FN3O6S/c36-28-13-15-29(16-14-28)38-46(42,43)32-19-17-30(18-20-32)45-25-34(40)39(24-27-10-5-2-6-11-27)33(22-26-8-3-1-4-9-26)35(41)37-23-31-12-7-21-44-31/h1-21,33,38H,22-25H2,(H,37,41)/t33-/m1/s1. The van der Waals surface area contributed by atoms with E-state index in [9.17, 15) is 22.4 Å². The van der Waals surface area contributed by atoms with Crippen LogP contribution >= 0.6 is 0 Å². The predicted molar refractivity (Wildman–Crippen MR) is 171 cm³/mol. The number of rotatable bonds is 14. The maximum atomic E-state index is 13.8. The number of halogens is 1. The summed E-state index contributed by atoms with van der Waals surface area (Å²) in [5.74, 6) is -0.437. The highest BCUT2D eigenvalue weighted by Crippen LogP contribution is 2.21. The van der Waals surface area contributed by atoms with Crippen molar-refractivity contribution in [2.75, 3.05) is 11.3 Å². The molecule has 0 fully saturated rings. The summed E-state index contributed by atoms with van der Waals surface area (Å²) in [5, 5.41) is 2.89. The van der Waals surface area contributed by atoms with Crippen LogP contribution in [-0.2, 0) is 39.1 Å². The summed E-state index contributed by atoms with van der Waals surface area (Å²) in [6, 6.07) is 31.9. The van der Waals surface area contributed by atoms with Crippen molar-refractivity contribution in [1.29, 1.82) is 0 Å². The van der Waals surface area contributed by atoms with Crippen LogP contribution in [0.5, 0.6) is 5.75 Å². The molecule has 5 aromatic rings. The van der Waals surface area contributed by atoms with Gasteiger partial charge in [-0.25, -0.2) is 12.8 Å². The molecule has 9 nitrogen and oxygen atoms in total. The fourth-order valence-corrected chi connectivity index (χ4v) is 5.77. The van der Waals surface area contributed by atoms with Gasteiger partial charge < -0.3 is 19.4 Å². The number of hydrogen-bond donors (Lipinski definition) is 2. The summed E-state index contributed by atoms with van der Waals surface area (Å²) in [6.07, 6.45) is 1.78. The minimum absolute atomic E-state index is 0.0441. The van der Waals surface area contributed by atoms with Crippen LogP contribution < -0.4 is 14.8 Å². The van der Waals surface area contributed by atoms with Gasteiger partial charge >= 0.3 is 0 Å². The van der Waals surface area contributed by atoms with Gasteiger partial charge in [0, 0.05) is 18.7 Å². The molecule has 4 aromatic carbocycles. The van der Waals surface area contributed by atoms with Crippen molar-refractivity contribution in [3.05, 3.63) is 150 Å². The van der Waals surface area contributed by atoms with Crippen LogP contribution in [-0.4, -0.2) is 37.8 Å². The highest BCUT2D eigenvalue weighted by molar-refractivity contribution is 7.92. The summed E-state index contributed by atoms with van der Waals surface area (Å²) in [7, 11) is -3.95. The fraction of sp³-hybridized carbons (Fsp3) is 0.143. The van der Waals surface area contributed by atoms with Gasteiger partial charge in [-0.05, 0) is 71.8 Å². The van der Waals surface area contributed by atoms with Gasteiger partial charge in [0.15, 0.2) is 6.61 Å². The van der Waals surface area contributed by atoms with Gasteiger partial charge in [-0.2, -0.15) is 0 Å². The highest BCUT2D eigenvalue weighted by Gasteiger charge is 2.31. The zero-order chi connectivity index (χ0) is 32.4. The summed E-state index contributed by atoms with van der Waals surface area (Å²) in [5.41, 5.74) is 1.92. The normalized spacial score (nSPS) is 11.8. The topological polar surface area (TPSA) is 118 Å². The van der Waals surface area contributed by atoms with Crippen molar-refractivity contribution in [3.8, 4) is 5.75 Å². The average molecular weight is 642 g/mol. The third-order valence-electron chi connectivity index (χ3n) is 7.08. The van der Waals surface area contributed by atoms with Crippen molar-refractivity contribution in [1.82, 2.24) is 10.2 Å². The molecule has 2 N–H and O–H groups in total. The Labute approximate surface area is 266 Å². The molecular weight excluding hydrogens is 609 g/mol. The molecule has 0 aliphatic heterocycles. The number of amides is 2. The van der Waals surface area contributed by atoms with Gasteiger partial charge in [-0.1, -0.05) is 60.7 Å². The largest absolute Gasteiger partial charge is 0.484 e. The minimum Gasteiger partial charge on any atom is -0.484 e. The van der Waals surface area contributed by atoms with Gasteiger partial charge in [0.1, 0.15) is 23.4 Å². The molecule has 0 spiro atoms. The molecule has 0 aliphatic carbocycles. The van der Waals surface area contributed by atoms with Crippen LogP contribution in [0.15, 0.2) is 137 Å². The van der Waals surface area contributed by atoms with E-state index in [0.29, 0.717) is 5.76 Å². The predicted octanol–water partition coefficient (Wildman–Crippen LogP) is 5.55. The van der Waals surface area contributed by atoms with Gasteiger partial charge in [0.2, 0.25) is 5.91 Å². The summed E-state index contributed by atoms with van der Waals surface area (Å²) >= 11 is 0. The van der Waals surface area contributed by atoms with Crippen molar-refractivity contribution in [2.45, 2.75) is 30.4 Å². The van der Waals surface area contributed by atoms with Crippen molar-refractivity contribution in [2.24, 2.45) is 0 Å². The maximum absolute atomic E-state index is 13.8. The number of hydrogen-bond acceptors (Lipinski definition) is 6. The molecule has 0 saturated heterocycles. The second-order valence-electron chi connectivity index (χ2n) is 10.4. The molecule has 0 bridgehead atoms. The molecular formula is C35H32FN3O6S. The maximum Gasteiger partial charge on any atom is 0.261 e. The van der Waals surface area contributed by atoms with Gasteiger partial charge in [0.25, 0.3) is 15.9 Å². The lowest BCUT2D eigenvalue weighted by Crippen LogP contribution is -2.51. The Morgan fingerprint density at radius 3 is 2.09 bits per heavy atom. The molecule has 0 aliphatic rings. The van der Waals surface area contributed by atoms with Crippen molar-refractivity contribution < 1.29 is 31.6 Å². The Kier molecular flexibility index (Phi) is 10.5. The van der Waals surface area contributed by atoms with Gasteiger partial charge in [-0.15, -0.1) is 0 Å². The Morgan fingerprint density at radius 2 is 1.46 bits per heavy atom. The second-order valence-corrected chi connectivity index (χ2v) is 12.1. The molecule has 5 rings (SSSR count). The van der Waals surface area contributed by atoms with Crippen LogP contribution in [0, 0.1) is 5.82 Å². The lowest BCUT2D eigenvalue weighted by molar-refractivity contribution is -0.142. The zero-order valence-electron chi connectivity index (χ0n) is 24.7. The third kappa shape index (κ3) is 8.82. The Morgan fingerprint density at radius 1 is 0.804 bits per heavy atom. The van der Waals surface area contributed by atoms with E-state index in [0.717, 1.165) is 23.3 Å². The number of nitrogens with zero attached hydrogens (tertiary/aromatic N) is 1. The van der Waals surface area contributed by atoms with E-state index in [-0.39, 0.29) is 41.7 Å². The van der Waals surface area contributed by atoms with E-state index in [2.05, 4.69) is 10.0 Å². The molecule has 1 aromatic heterocycles. The molecule has 236 valence electrons. The van der Waals surface area contributed by atoms with Crippen LogP contribution in [0.25, 0.3) is 0 Å². The quantitative estimate of drug-likeness (QED) is 0.164. The van der Waals surface area contributed by atoms with E-state index in [1.54, 1.807) is 12.1 Å². The molecule has 0 radical (unpaired) electrons. The van der Waals surface area contributed by atoms with Gasteiger partial charge in [-0.3, -0.25) is 14.3 Å². The average Bonchev–Trinajstić information content (AvgIpc) is 3.60. The van der Waals surface area contributed by atoms with Crippen molar-refractivity contribution in [3.63, 3.8) is 0 Å². The molecule has 1 atom stereocenters. The Hall–Kier alpha value is -5.42. The highest BCUT2D eigenvalue weighted by atomic mass is 32.2. The van der Waals surface area contributed by atoms with Crippen LogP contribution in [0.4, 0.5) is 10.1 Å². The van der Waals surface area contributed by atoms with E-state index >= 15 is 0 Å². The zero-order valence-corrected chi connectivity index (χ0v) is 25.5. The summed E-state index contributed by atoms with van der Waals surface area (Å²) < 4.78 is 52.3. The Bertz CT molecular complexity index is 1820. The van der Waals surface area contributed by atoms with Crippen LogP contribution in [0.1, 0.15) is 16.9 Å². The molecule has 0 saturated carbocycles. The third-order valence-corrected chi connectivity index (χ3v) is 8.47. The summed E-state index contributed by atoms with van der Waals surface area (Å²) in [6.45, 7) is -0.0866.